The Morgan fingerprint density at radius 1 is 1.17 bits per heavy atom. The van der Waals surface area contributed by atoms with Crippen LogP contribution in [0, 0.1) is 5.82 Å². The van der Waals surface area contributed by atoms with Crippen LogP contribution in [0.4, 0.5) is 4.39 Å². The van der Waals surface area contributed by atoms with Gasteiger partial charge < -0.3 is 14.8 Å². The second kappa shape index (κ2) is 10.7. The van der Waals surface area contributed by atoms with E-state index in [1.807, 2.05) is 30.3 Å². The Kier molecular flexibility index (Phi) is 8.90. The number of hydrogen-bond acceptors (Lipinski definition) is 3. The molecular weight excluding hydrogens is 329 g/mol. The van der Waals surface area contributed by atoms with Crippen LogP contribution in [-0.4, -0.2) is 20.3 Å². The second-order valence-electron chi connectivity index (χ2n) is 5.10. The Morgan fingerprint density at radius 2 is 1.96 bits per heavy atom. The van der Waals surface area contributed by atoms with Gasteiger partial charge in [0.15, 0.2) is 11.5 Å². The smallest absolute Gasteiger partial charge is 0.161 e. The lowest BCUT2D eigenvalue weighted by Crippen LogP contribution is -2.17. The molecule has 24 heavy (non-hydrogen) atoms. The fourth-order valence-electron chi connectivity index (χ4n) is 2.25. The Hall–Kier alpha value is -2.04. The highest BCUT2D eigenvalue weighted by Gasteiger charge is 2.05. The summed E-state index contributed by atoms with van der Waals surface area (Å²) in [5, 5.41) is 3.31. The van der Waals surface area contributed by atoms with Crippen molar-refractivity contribution in [2.45, 2.75) is 13.0 Å². The third kappa shape index (κ3) is 5.87. The summed E-state index contributed by atoms with van der Waals surface area (Å²) in [6, 6.07) is 12.7. The van der Waals surface area contributed by atoms with Crippen LogP contribution in [0.2, 0.25) is 0 Å². The summed E-state index contributed by atoms with van der Waals surface area (Å²) in [4.78, 5) is 0. The van der Waals surface area contributed by atoms with E-state index in [9.17, 15) is 4.39 Å². The molecule has 0 radical (unpaired) electrons. The fourth-order valence-corrected chi connectivity index (χ4v) is 2.25. The first-order valence-electron chi connectivity index (χ1n) is 7.59. The van der Waals surface area contributed by atoms with Crippen LogP contribution in [0.15, 0.2) is 55.1 Å². The van der Waals surface area contributed by atoms with Crippen LogP contribution < -0.4 is 14.8 Å². The van der Waals surface area contributed by atoms with Crippen molar-refractivity contribution >= 4 is 12.4 Å². The van der Waals surface area contributed by atoms with Gasteiger partial charge in [-0.15, -0.1) is 12.4 Å². The van der Waals surface area contributed by atoms with Crippen molar-refractivity contribution in [3.63, 3.8) is 0 Å². The van der Waals surface area contributed by atoms with Crippen molar-refractivity contribution in [3.8, 4) is 11.5 Å². The minimum absolute atomic E-state index is 0. The Morgan fingerprint density at radius 3 is 2.67 bits per heavy atom. The normalized spacial score (nSPS) is 9.92. The van der Waals surface area contributed by atoms with Crippen LogP contribution in [0.25, 0.3) is 0 Å². The van der Waals surface area contributed by atoms with Gasteiger partial charge in [0.2, 0.25) is 0 Å². The predicted molar refractivity (Wildman–Crippen MR) is 97.7 cm³/mol. The maximum absolute atomic E-state index is 13.5. The lowest BCUT2D eigenvalue weighted by Gasteiger charge is -2.11. The highest BCUT2D eigenvalue weighted by molar-refractivity contribution is 5.85. The molecule has 0 fully saturated rings. The molecule has 1 N–H and O–H groups in total. The molecule has 2 rings (SSSR count). The van der Waals surface area contributed by atoms with Gasteiger partial charge in [-0.05, 0) is 42.3 Å². The zero-order chi connectivity index (χ0) is 16.5. The fraction of sp³-hybridized carbons (Fsp3) is 0.263. The molecule has 2 aromatic rings. The van der Waals surface area contributed by atoms with Gasteiger partial charge in [0, 0.05) is 6.54 Å². The summed E-state index contributed by atoms with van der Waals surface area (Å²) >= 11 is 0. The molecule has 0 unspecified atom stereocenters. The van der Waals surface area contributed by atoms with E-state index >= 15 is 0 Å². The molecule has 0 saturated heterocycles. The molecule has 3 nitrogen and oxygen atoms in total. The van der Waals surface area contributed by atoms with Gasteiger partial charge in [0.25, 0.3) is 0 Å². The summed E-state index contributed by atoms with van der Waals surface area (Å²) in [5.74, 6) is 1.24. The molecule has 0 heterocycles. The number of ether oxygens (including phenoxy) is 2. The van der Waals surface area contributed by atoms with E-state index in [0.717, 1.165) is 11.1 Å². The maximum atomic E-state index is 13.5. The summed E-state index contributed by atoms with van der Waals surface area (Å²) in [6.45, 7) is 5.46. The van der Waals surface area contributed by atoms with Crippen LogP contribution >= 0.6 is 12.4 Å². The number of hydrogen-bond donors (Lipinski definition) is 1. The third-order valence-electron chi connectivity index (χ3n) is 3.44. The Bertz CT molecular complexity index is 649. The number of benzene rings is 2. The van der Waals surface area contributed by atoms with Crippen molar-refractivity contribution in [3.05, 3.63) is 72.1 Å². The number of methoxy groups -OCH3 is 1. The topological polar surface area (TPSA) is 30.5 Å². The van der Waals surface area contributed by atoms with Crippen molar-refractivity contribution in [1.29, 1.82) is 0 Å². The molecule has 0 aliphatic rings. The van der Waals surface area contributed by atoms with Gasteiger partial charge >= 0.3 is 0 Å². The molecule has 0 aliphatic carbocycles. The molecule has 0 aromatic heterocycles. The number of rotatable bonds is 9. The van der Waals surface area contributed by atoms with Gasteiger partial charge in [-0.1, -0.05) is 36.9 Å². The average molecular weight is 352 g/mol. The zero-order valence-corrected chi connectivity index (χ0v) is 14.6. The molecule has 2 aromatic carbocycles. The van der Waals surface area contributed by atoms with E-state index in [1.165, 1.54) is 6.07 Å². The highest BCUT2D eigenvalue weighted by Crippen LogP contribution is 2.28. The lowest BCUT2D eigenvalue weighted by atomic mass is 10.1. The monoisotopic (exact) mass is 351 g/mol. The van der Waals surface area contributed by atoms with Crippen LogP contribution in [0.1, 0.15) is 11.1 Å². The van der Waals surface area contributed by atoms with Crippen LogP contribution in [-0.2, 0) is 13.0 Å². The minimum atomic E-state index is -0.153. The Labute approximate surface area is 148 Å². The van der Waals surface area contributed by atoms with Gasteiger partial charge in [-0.3, -0.25) is 0 Å². The molecular formula is C19H23ClFNO2. The van der Waals surface area contributed by atoms with Gasteiger partial charge in [-0.25, -0.2) is 4.39 Å². The first-order valence-corrected chi connectivity index (χ1v) is 7.59. The van der Waals surface area contributed by atoms with Gasteiger partial charge in [0.05, 0.1) is 7.11 Å². The van der Waals surface area contributed by atoms with Crippen LogP contribution in [0.5, 0.6) is 11.5 Å². The SMILES string of the molecule is C=CCOc1ccc(CNCCc2ccccc2F)cc1OC.Cl. The predicted octanol–water partition coefficient (Wildman–Crippen LogP) is 4.15. The van der Waals surface area contributed by atoms with E-state index in [-0.39, 0.29) is 18.2 Å². The standard InChI is InChI=1S/C19H22FNO2.ClH/c1-3-12-23-18-9-8-15(13-19(18)22-2)14-21-11-10-16-6-4-5-7-17(16)20;/h3-9,13,21H,1,10-12,14H2,2H3;1H. The Balaban J connectivity index is 0.00000288. The van der Waals surface area contributed by atoms with Crippen LogP contribution in [0.3, 0.4) is 0 Å². The molecule has 5 heteroatoms. The second-order valence-corrected chi connectivity index (χ2v) is 5.10. The summed E-state index contributed by atoms with van der Waals surface area (Å²) < 4.78 is 24.4. The molecule has 0 spiro atoms. The molecule has 0 saturated carbocycles. The lowest BCUT2D eigenvalue weighted by molar-refractivity contribution is 0.326. The zero-order valence-electron chi connectivity index (χ0n) is 13.8. The van der Waals surface area contributed by atoms with Crippen molar-refractivity contribution < 1.29 is 13.9 Å². The third-order valence-corrected chi connectivity index (χ3v) is 3.44. The molecule has 0 aliphatic heterocycles. The molecule has 0 atom stereocenters. The first-order chi connectivity index (χ1) is 11.2. The summed E-state index contributed by atoms with van der Waals surface area (Å²) in [5.41, 5.74) is 1.81. The number of halogens is 2. The minimum Gasteiger partial charge on any atom is -0.493 e. The first kappa shape index (κ1) is 20.0. The molecule has 0 bridgehead atoms. The van der Waals surface area contributed by atoms with Crippen molar-refractivity contribution in [1.82, 2.24) is 5.32 Å². The largest absolute Gasteiger partial charge is 0.493 e. The average Bonchev–Trinajstić information content (AvgIpc) is 2.58. The van der Waals surface area contributed by atoms with Crippen molar-refractivity contribution in [2.24, 2.45) is 0 Å². The summed E-state index contributed by atoms with van der Waals surface area (Å²) in [6.07, 6.45) is 2.35. The quantitative estimate of drug-likeness (QED) is 0.543. The van der Waals surface area contributed by atoms with E-state index in [2.05, 4.69) is 11.9 Å². The van der Waals surface area contributed by atoms with Crippen molar-refractivity contribution in [2.75, 3.05) is 20.3 Å². The highest BCUT2D eigenvalue weighted by atomic mass is 35.5. The van der Waals surface area contributed by atoms with E-state index in [0.29, 0.717) is 37.6 Å². The molecule has 130 valence electrons. The van der Waals surface area contributed by atoms with Gasteiger partial charge in [0.1, 0.15) is 12.4 Å². The number of nitrogens with one attached hydrogen (secondary N) is 1. The van der Waals surface area contributed by atoms with E-state index in [4.69, 9.17) is 9.47 Å². The van der Waals surface area contributed by atoms with Gasteiger partial charge in [-0.2, -0.15) is 0 Å². The maximum Gasteiger partial charge on any atom is 0.161 e. The van der Waals surface area contributed by atoms with E-state index < -0.39 is 0 Å². The van der Waals surface area contributed by atoms with E-state index in [1.54, 1.807) is 19.3 Å². The summed E-state index contributed by atoms with van der Waals surface area (Å²) in [7, 11) is 1.62. The molecule has 0 amide bonds.